The molecule has 1 unspecified atom stereocenters. The lowest BCUT2D eigenvalue weighted by Gasteiger charge is -2.13. The fourth-order valence-corrected chi connectivity index (χ4v) is 1.46. The molecule has 0 saturated heterocycles. The van der Waals surface area contributed by atoms with Gasteiger partial charge in [-0.15, -0.1) is 0 Å². The SMILES string of the molecule is CCC(CC#N)NCc1ccc(Cl)cc1. The third-order valence-electron chi connectivity index (χ3n) is 2.34. The highest BCUT2D eigenvalue weighted by atomic mass is 35.5. The summed E-state index contributed by atoms with van der Waals surface area (Å²) in [6, 6.07) is 10.2. The molecular weight excluding hydrogens is 208 g/mol. The Morgan fingerprint density at radius 3 is 2.60 bits per heavy atom. The van der Waals surface area contributed by atoms with E-state index in [0.717, 1.165) is 18.0 Å². The van der Waals surface area contributed by atoms with Crippen LogP contribution in [0.3, 0.4) is 0 Å². The average molecular weight is 223 g/mol. The van der Waals surface area contributed by atoms with Gasteiger partial charge in [-0.05, 0) is 24.1 Å². The number of hydrogen-bond donors (Lipinski definition) is 1. The van der Waals surface area contributed by atoms with E-state index in [1.54, 1.807) is 0 Å². The van der Waals surface area contributed by atoms with Crippen LogP contribution < -0.4 is 5.32 Å². The van der Waals surface area contributed by atoms with E-state index >= 15 is 0 Å². The molecule has 1 rings (SSSR count). The molecule has 1 aromatic rings. The number of hydrogen-bond acceptors (Lipinski definition) is 2. The molecule has 15 heavy (non-hydrogen) atoms. The molecule has 0 saturated carbocycles. The quantitative estimate of drug-likeness (QED) is 0.831. The highest BCUT2D eigenvalue weighted by Crippen LogP contribution is 2.09. The van der Waals surface area contributed by atoms with Crippen LogP contribution in [0.1, 0.15) is 25.3 Å². The van der Waals surface area contributed by atoms with Crippen molar-refractivity contribution in [1.82, 2.24) is 5.32 Å². The minimum atomic E-state index is 0.283. The highest BCUT2D eigenvalue weighted by Gasteiger charge is 2.04. The molecule has 0 aromatic heterocycles. The van der Waals surface area contributed by atoms with Gasteiger partial charge in [0.1, 0.15) is 0 Å². The fraction of sp³-hybridized carbons (Fsp3) is 0.417. The Kier molecular flexibility index (Phi) is 5.17. The molecule has 0 heterocycles. The maximum Gasteiger partial charge on any atom is 0.0638 e. The second-order valence-corrected chi connectivity index (χ2v) is 3.91. The van der Waals surface area contributed by atoms with Gasteiger partial charge in [0.05, 0.1) is 12.5 Å². The molecule has 0 radical (unpaired) electrons. The molecular formula is C12H15ClN2. The lowest BCUT2D eigenvalue weighted by atomic mass is 10.1. The van der Waals surface area contributed by atoms with Gasteiger partial charge in [0, 0.05) is 17.6 Å². The van der Waals surface area contributed by atoms with Crippen molar-refractivity contribution in [3.63, 3.8) is 0 Å². The summed E-state index contributed by atoms with van der Waals surface area (Å²) in [7, 11) is 0. The van der Waals surface area contributed by atoms with Gasteiger partial charge in [-0.25, -0.2) is 0 Å². The van der Waals surface area contributed by atoms with Crippen LogP contribution in [0, 0.1) is 11.3 Å². The van der Waals surface area contributed by atoms with Crippen LogP contribution in [0.5, 0.6) is 0 Å². The molecule has 0 bridgehead atoms. The van der Waals surface area contributed by atoms with E-state index in [1.165, 1.54) is 5.56 Å². The van der Waals surface area contributed by atoms with Gasteiger partial charge in [0.15, 0.2) is 0 Å². The first-order valence-electron chi connectivity index (χ1n) is 5.11. The van der Waals surface area contributed by atoms with Gasteiger partial charge in [-0.3, -0.25) is 0 Å². The van der Waals surface area contributed by atoms with Crippen molar-refractivity contribution < 1.29 is 0 Å². The third kappa shape index (κ3) is 4.33. The first kappa shape index (κ1) is 12.0. The van der Waals surface area contributed by atoms with Gasteiger partial charge in [0.25, 0.3) is 0 Å². The maximum absolute atomic E-state index is 8.59. The van der Waals surface area contributed by atoms with Crippen molar-refractivity contribution in [3.8, 4) is 6.07 Å². The smallest absolute Gasteiger partial charge is 0.0638 e. The summed E-state index contributed by atoms with van der Waals surface area (Å²) in [6.07, 6.45) is 1.53. The van der Waals surface area contributed by atoms with Crippen LogP contribution in [-0.4, -0.2) is 6.04 Å². The average Bonchev–Trinajstić information content (AvgIpc) is 2.26. The lowest BCUT2D eigenvalue weighted by Crippen LogP contribution is -2.27. The Labute approximate surface area is 95.9 Å². The summed E-state index contributed by atoms with van der Waals surface area (Å²) in [4.78, 5) is 0. The first-order chi connectivity index (χ1) is 7.26. The molecule has 0 aliphatic rings. The van der Waals surface area contributed by atoms with Gasteiger partial charge in [-0.1, -0.05) is 30.7 Å². The summed E-state index contributed by atoms with van der Waals surface area (Å²) >= 11 is 5.79. The van der Waals surface area contributed by atoms with Crippen molar-refractivity contribution in [2.45, 2.75) is 32.4 Å². The van der Waals surface area contributed by atoms with Gasteiger partial charge in [0.2, 0.25) is 0 Å². The molecule has 0 spiro atoms. The second-order valence-electron chi connectivity index (χ2n) is 3.47. The van der Waals surface area contributed by atoms with Gasteiger partial charge >= 0.3 is 0 Å². The van der Waals surface area contributed by atoms with Crippen molar-refractivity contribution in [2.75, 3.05) is 0 Å². The third-order valence-corrected chi connectivity index (χ3v) is 2.59. The van der Waals surface area contributed by atoms with E-state index in [0.29, 0.717) is 6.42 Å². The summed E-state index contributed by atoms with van der Waals surface area (Å²) in [6.45, 7) is 2.87. The molecule has 0 fully saturated rings. The molecule has 2 nitrogen and oxygen atoms in total. The Bertz CT molecular complexity index is 326. The first-order valence-corrected chi connectivity index (χ1v) is 5.48. The molecule has 0 aliphatic carbocycles. The second kappa shape index (κ2) is 6.44. The van der Waals surface area contributed by atoms with E-state index in [4.69, 9.17) is 16.9 Å². The Balaban J connectivity index is 2.42. The fourth-order valence-electron chi connectivity index (χ4n) is 1.34. The lowest BCUT2D eigenvalue weighted by molar-refractivity contribution is 0.505. The van der Waals surface area contributed by atoms with E-state index in [-0.39, 0.29) is 6.04 Å². The zero-order valence-electron chi connectivity index (χ0n) is 8.83. The van der Waals surface area contributed by atoms with E-state index in [2.05, 4.69) is 18.3 Å². The van der Waals surface area contributed by atoms with Crippen LogP contribution >= 0.6 is 11.6 Å². The van der Waals surface area contributed by atoms with Crippen molar-refractivity contribution in [1.29, 1.82) is 5.26 Å². The van der Waals surface area contributed by atoms with E-state index in [9.17, 15) is 0 Å². The van der Waals surface area contributed by atoms with Crippen molar-refractivity contribution >= 4 is 11.6 Å². The van der Waals surface area contributed by atoms with Crippen molar-refractivity contribution in [3.05, 3.63) is 34.9 Å². The number of nitrogens with zero attached hydrogens (tertiary/aromatic N) is 1. The van der Waals surface area contributed by atoms with Crippen LogP contribution in [0.4, 0.5) is 0 Å². The van der Waals surface area contributed by atoms with Crippen molar-refractivity contribution in [2.24, 2.45) is 0 Å². The minimum absolute atomic E-state index is 0.283. The van der Waals surface area contributed by atoms with Crippen LogP contribution in [0.2, 0.25) is 5.02 Å². The van der Waals surface area contributed by atoms with Gasteiger partial charge < -0.3 is 5.32 Å². The maximum atomic E-state index is 8.59. The van der Waals surface area contributed by atoms with E-state index in [1.807, 2.05) is 24.3 Å². The summed E-state index contributed by atoms with van der Waals surface area (Å²) in [5, 5.41) is 12.7. The molecule has 1 N–H and O–H groups in total. The highest BCUT2D eigenvalue weighted by molar-refractivity contribution is 6.30. The standard InChI is InChI=1S/C12H15ClN2/c1-2-12(7-8-14)15-9-10-3-5-11(13)6-4-10/h3-6,12,15H,2,7,9H2,1H3. The number of nitriles is 1. The number of halogens is 1. The molecule has 0 aliphatic heterocycles. The number of benzene rings is 1. The molecule has 80 valence electrons. The van der Waals surface area contributed by atoms with Crippen LogP contribution in [0.25, 0.3) is 0 Å². The molecule has 3 heteroatoms. The topological polar surface area (TPSA) is 35.8 Å². The largest absolute Gasteiger partial charge is 0.309 e. The normalized spacial score (nSPS) is 12.1. The Morgan fingerprint density at radius 1 is 1.40 bits per heavy atom. The summed E-state index contributed by atoms with van der Waals surface area (Å²) in [5.74, 6) is 0. The Morgan fingerprint density at radius 2 is 2.07 bits per heavy atom. The predicted molar refractivity (Wildman–Crippen MR) is 62.6 cm³/mol. The zero-order valence-corrected chi connectivity index (χ0v) is 9.59. The minimum Gasteiger partial charge on any atom is -0.309 e. The predicted octanol–water partition coefficient (Wildman–Crippen LogP) is 3.12. The van der Waals surface area contributed by atoms with E-state index < -0.39 is 0 Å². The van der Waals surface area contributed by atoms with Crippen LogP contribution in [0.15, 0.2) is 24.3 Å². The number of nitrogens with one attached hydrogen (secondary N) is 1. The summed E-state index contributed by atoms with van der Waals surface area (Å²) < 4.78 is 0. The molecule has 1 atom stereocenters. The molecule has 1 aromatic carbocycles. The van der Waals surface area contributed by atoms with Crippen LogP contribution in [-0.2, 0) is 6.54 Å². The Hall–Kier alpha value is -1.04. The summed E-state index contributed by atoms with van der Waals surface area (Å²) in [5.41, 5.74) is 1.19. The van der Waals surface area contributed by atoms with Gasteiger partial charge in [-0.2, -0.15) is 5.26 Å². The monoisotopic (exact) mass is 222 g/mol. The molecule has 0 amide bonds. The number of rotatable bonds is 5. The zero-order chi connectivity index (χ0) is 11.1.